The van der Waals surface area contributed by atoms with Gasteiger partial charge in [-0.25, -0.2) is 4.98 Å². The zero-order chi connectivity index (χ0) is 19.3. The Bertz CT molecular complexity index is 768. The zero-order valence-corrected chi connectivity index (χ0v) is 13.6. The lowest BCUT2D eigenvalue weighted by Gasteiger charge is -2.15. The van der Waals surface area contributed by atoms with Crippen molar-refractivity contribution < 1.29 is 23.2 Å². The number of nitrogens with zero attached hydrogens (tertiary/aromatic N) is 3. The summed E-state index contributed by atoms with van der Waals surface area (Å²) < 4.78 is 39.0. The van der Waals surface area contributed by atoms with Gasteiger partial charge in [-0.2, -0.15) is 18.2 Å². The Morgan fingerprint density at radius 1 is 1.27 bits per heavy atom. The van der Waals surface area contributed by atoms with E-state index >= 15 is 0 Å². The fourth-order valence-electron chi connectivity index (χ4n) is 1.94. The van der Waals surface area contributed by atoms with Crippen molar-refractivity contribution in [1.82, 2.24) is 9.97 Å². The van der Waals surface area contributed by atoms with Crippen LogP contribution in [0.25, 0.3) is 0 Å². The Labute approximate surface area is 146 Å². The second-order valence-electron chi connectivity index (χ2n) is 5.46. The molecule has 3 N–H and O–H groups in total. The highest BCUT2D eigenvalue weighted by atomic mass is 19.4. The van der Waals surface area contributed by atoms with Crippen molar-refractivity contribution in [1.29, 1.82) is 0 Å². The van der Waals surface area contributed by atoms with Crippen molar-refractivity contribution in [3.63, 3.8) is 0 Å². The number of benzene rings is 1. The molecule has 0 aliphatic rings. The van der Waals surface area contributed by atoms with Crippen molar-refractivity contribution in [2.45, 2.75) is 25.7 Å². The first-order valence-corrected chi connectivity index (χ1v) is 7.50. The SMILES string of the molecule is C[C@H](CO)Nc1nc(NCc2ccc([N+](=O)[O-])cc2)cc(C(F)(F)F)n1. The predicted octanol–water partition coefficient (Wildman–Crippen LogP) is 2.81. The van der Waals surface area contributed by atoms with E-state index in [1.54, 1.807) is 6.92 Å². The Morgan fingerprint density at radius 2 is 1.92 bits per heavy atom. The largest absolute Gasteiger partial charge is 0.433 e. The van der Waals surface area contributed by atoms with E-state index in [0.29, 0.717) is 5.56 Å². The molecule has 1 heterocycles. The van der Waals surface area contributed by atoms with Gasteiger partial charge in [0.1, 0.15) is 5.82 Å². The van der Waals surface area contributed by atoms with E-state index in [9.17, 15) is 23.3 Å². The van der Waals surface area contributed by atoms with E-state index in [0.717, 1.165) is 6.07 Å². The molecule has 0 spiro atoms. The number of anilines is 2. The molecule has 140 valence electrons. The number of aromatic nitrogens is 2. The van der Waals surface area contributed by atoms with Gasteiger partial charge in [-0.1, -0.05) is 12.1 Å². The molecule has 0 saturated heterocycles. The van der Waals surface area contributed by atoms with Gasteiger partial charge in [-0.15, -0.1) is 0 Å². The van der Waals surface area contributed by atoms with E-state index in [2.05, 4.69) is 20.6 Å². The maximum atomic E-state index is 13.0. The number of aliphatic hydroxyl groups is 1. The van der Waals surface area contributed by atoms with Crippen molar-refractivity contribution in [2.24, 2.45) is 0 Å². The minimum absolute atomic E-state index is 0.0710. The monoisotopic (exact) mass is 371 g/mol. The van der Waals surface area contributed by atoms with Crippen LogP contribution >= 0.6 is 0 Å². The number of non-ortho nitro benzene ring substituents is 1. The number of nitro groups is 1. The molecular formula is C15H16F3N5O3. The van der Waals surface area contributed by atoms with Crippen LogP contribution in [0.15, 0.2) is 30.3 Å². The topological polar surface area (TPSA) is 113 Å². The molecule has 0 saturated carbocycles. The number of nitrogens with one attached hydrogen (secondary N) is 2. The average Bonchev–Trinajstić information content (AvgIpc) is 2.59. The van der Waals surface area contributed by atoms with Crippen molar-refractivity contribution in [3.05, 3.63) is 51.7 Å². The molecule has 1 aromatic carbocycles. The smallest absolute Gasteiger partial charge is 0.394 e. The molecule has 0 unspecified atom stereocenters. The molecule has 0 bridgehead atoms. The third-order valence-corrected chi connectivity index (χ3v) is 3.29. The molecule has 8 nitrogen and oxygen atoms in total. The zero-order valence-electron chi connectivity index (χ0n) is 13.6. The van der Waals surface area contributed by atoms with Gasteiger partial charge in [0.05, 0.1) is 11.5 Å². The molecule has 0 aliphatic carbocycles. The highest BCUT2D eigenvalue weighted by molar-refractivity contribution is 5.44. The Kier molecular flexibility index (Phi) is 5.93. The quantitative estimate of drug-likeness (QED) is 0.507. The first-order chi connectivity index (χ1) is 12.2. The molecule has 26 heavy (non-hydrogen) atoms. The van der Waals surface area contributed by atoms with E-state index in [-0.39, 0.29) is 30.6 Å². The molecular weight excluding hydrogens is 355 g/mol. The molecule has 0 radical (unpaired) electrons. The number of alkyl halides is 3. The maximum Gasteiger partial charge on any atom is 0.433 e. The van der Waals surface area contributed by atoms with Crippen LogP contribution in [0.2, 0.25) is 0 Å². The first-order valence-electron chi connectivity index (χ1n) is 7.50. The minimum atomic E-state index is -4.66. The van der Waals surface area contributed by atoms with Gasteiger partial charge < -0.3 is 15.7 Å². The van der Waals surface area contributed by atoms with Gasteiger partial charge in [-0.05, 0) is 12.5 Å². The summed E-state index contributed by atoms with van der Waals surface area (Å²) >= 11 is 0. The Hall–Kier alpha value is -2.95. The number of aliphatic hydroxyl groups excluding tert-OH is 1. The van der Waals surface area contributed by atoms with E-state index in [1.807, 2.05) is 0 Å². The van der Waals surface area contributed by atoms with Crippen LogP contribution in [-0.2, 0) is 12.7 Å². The van der Waals surface area contributed by atoms with Gasteiger partial charge in [0, 0.05) is 30.8 Å². The van der Waals surface area contributed by atoms with Crippen molar-refractivity contribution >= 4 is 17.5 Å². The van der Waals surface area contributed by atoms with Gasteiger partial charge in [0.15, 0.2) is 5.69 Å². The molecule has 0 aliphatic heterocycles. The molecule has 0 amide bonds. The van der Waals surface area contributed by atoms with Crippen LogP contribution in [0.1, 0.15) is 18.2 Å². The fourth-order valence-corrected chi connectivity index (χ4v) is 1.94. The van der Waals surface area contributed by atoms with Crippen LogP contribution in [0.4, 0.5) is 30.6 Å². The van der Waals surface area contributed by atoms with Crippen LogP contribution in [0.3, 0.4) is 0 Å². The molecule has 11 heteroatoms. The third kappa shape index (κ3) is 5.28. The maximum absolute atomic E-state index is 13.0. The van der Waals surface area contributed by atoms with Crippen molar-refractivity contribution in [2.75, 3.05) is 17.2 Å². The van der Waals surface area contributed by atoms with E-state index in [4.69, 9.17) is 5.11 Å². The second-order valence-corrected chi connectivity index (χ2v) is 5.46. The van der Waals surface area contributed by atoms with Gasteiger partial charge in [0.25, 0.3) is 5.69 Å². The van der Waals surface area contributed by atoms with E-state index < -0.39 is 22.8 Å². The van der Waals surface area contributed by atoms with Crippen LogP contribution in [0, 0.1) is 10.1 Å². The molecule has 1 aromatic heterocycles. The summed E-state index contributed by atoms with van der Waals surface area (Å²) in [5.74, 6) is -0.342. The summed E-state index contributed by atoms with van der Waals surface area (Å²) in [5.41, 5.74) is -0.591. The normalized spacial score (nSPS) is 12.5. The highest BCUT2D eigenvalue weighted by Crippen LogP contribution is 2.30. The molecule has 2 aromatic rings. The summed E-state index contributed by atoms with van der Waals surface area (Å²) in [6, 6.07) is 5.82. The first kappa shape index (κ1) is 19.4. The predicted molar refractivity (Wildman–Crippen MR) is 87.6 cm³/mol. The number of halogens is 3. The van der Waals surface area contributed by atoms with Crippen LogP contribution < -0.4 is 10.6 Å². The lowest BCUT2D eigenvalue weighted by atomic mass is 10.2. The standard InChI is InChI=1S/C15H16F3N5O3/c1-9(8-24)20-14-21-12(15(16,17)18)6-13(22-14)19-7-10-2-4-11(5-3-10)23(25)26/h2-6,9,24H,7-8H2,1H3,(H2,19,20,21,22)/t9-/m1/s1. The second kappa shape index (κ2) is 7.95. The molecule has 0 fully saturated rings. The van der Waals surface area contributed by atoms with Gasteiger partial charge in [0.2, 0.25) is 5.95 Å². The lowest BCUT2D eigenvalue weighted by Crippen LogP contribution is -2.22. The van der Waals surface area contributed by atoms with Crippen LogP contribution in [-0.4, -0.2) is 32.6 Å². The summed E-state index contributed by atoms with van der Waals surface area (Å²) in [5, 5.41) is 24.9. The number of hydrogen-bond acceptors (Lipinski definition) is 7. The average molecular weight is 371 g/mol. The summed E-state index contributed by atoms with van der Waals surface area (Å²) in [6.45, 7) is 1.38. The third-order valence-electron chi connectivity index (χ3n) is 3.29. The lowest BCUT2D eigenvalue weighted by molar-refractivity contribution is -0.384. The van der Waals surface area contributed by atoms with Crippen LogP contribution in [0.5, 0.6) is 0 Å². The fraction of sp³-hybridized carbons (Fsp3) is 0.333. The highest BCUT2D eigenvalue weighted by Gasteiger charge is 2.33. The van der Waals surface area contributed by atoms with E-state index in [1.165, 1.54) is 24.3 Å². The Morgan fingerprint density at radius 3 is 2.46 bits per heavy atom. The summed E-state index contributed by atoms with van der Waals surface area (Å²) in [4.78, 5) is 17.4. The number of nitro benzene ring substituents is 1. The number of hydrogen-bond donors (Lipinski definition) is 3. The molecule has 2 rings (SSSR count). The van der Waals surface area contributed by atoms with Crippen molar-refractivity contribution in [3.8, 4) is 0 Å². The Balaban J connectivity index is 2.18. The summed E-state index contributed by atoms with van der Waals surface area (Å²) in [7, 11) is 0. The number of rotatable bonds is 7. The van der Waals surface area contributed by atoms with Gasteiger partial charge in [-0.3, -0.25) is 10.1 Å². The summed E-state index contributed by atoms with van der Waals surface area (Å²) in [6.07, 6.45) is -4.66. The van der Waals surface area contributed by atoms with Gasteiger partial charge >= 0.3 is 6.18 Å². The minimum Gasteiger partial charge on any atom is -0.394 e. The molecule has 1 atom stereocenters.